The van der Waals surface area contributed by atoms with E-state index in [4.69, 9.17) is 0 Å². The average molecular weight is 228 g/mol. The van der Waals surface area contributed by atoms with Gasteiger partial charge in [-0.3, -0.25) is 0 Å². The highest BCUT2D eigenvalue weighted by molar-refractivity contribution is 5.76. The van der Waals surface area contributed by atoms with Gasteiger partial charge in [0.2, 0.25) is 0 Å². The largest absolute Gasteiger partial charge is 0.508 e. The standard InChI is InChI=1S/C15H16O2/c1-9-6-10(2)8-12(7-9)15-11(3)13(16)4-5-14(15)17/h4-8,16-17H,1-3H3. The number of aryl methyl sites for hydroxylation is 2. The third-order valence-corrected chi connectivity index (χ3v) is 2.92. The molecule has 2 heteroatoms. The molecule has 0 radical (unpaired) electrons. The lowest BCUT2D eigenvalue weighted by atomic mass is 9.96. The maximum Gasteiger partial charge on any atom is 0.123 e. The molecule has 0 bridgehead atoms. The molecule has 88 valence electrons. The molecule has 2 aromatic rings. The molecule has 0 saturated heterocycles. The molecule has 0 amide bonds. The second kappa shape index (κ2) is 4.13. The number of aromatic hydroxyl groups is 2. The first-order chi connectivity index (χ1) is 7.99. The maximum absolute atomic E-state index is 9.94. The van der Waals surface area contributed by atoms with Crippen LogP contribution in [-0.4, -0.2) is 10.2 Å². The van der Waals surface area contributed by atoms with Crippen LogP contribution in [0.15, 0.2) is 30.3 Å². The summed E-state index contributed by atoms with van der Waals surface area (Å²) in [4.78, 5) is 0. The van der Waals surface area contributed by atoms with Crippen molar-refractivity contribution in [3.63, 3.8) is 0 Å². The molecule has 2 aromatic carbocycles. The molecule has 0 aliphatic heterocycles. The van der Waals surface area contributed by atoms with E-state index >= 15 is 0 Å². The van der Waals surface area contributed by atoms with Gasteiger partial charge >= 0.3 is 0 Å². The summed E-state index contributed by atoms with van der Waals surface area (Å²) in [5.41, 5.74) is 4.63. The maximum atomic E-state index is 9.94. The number of benzene rings is 2. The van der Waals surface area contributed by atoms with Crippen LogP contribution in [0.2, 0.25) is 0 Å². The fourth-order valence-electron chi connectivity index (χ4n) is 2.17. The summed E-state index contributed by atoms with van der Waals surface area (Å²) in [5, 5.41) is 19.7. The Balaban J connectivity index is 2.72. The third kappa shape index (κ3) is 2.11. The van der Waals surface area contributed by atoms with Crippen LogP contribution in [0.4, 0.5) is 0 Å². The molecule has 0 aromatic heterocycles. The fourth-order valence-corrected chi connectivity index (χ4v) is 2.17. The van der Waals surface area contributed by atoms with Crippen molar-refractivity contribution in [3.8, 4) is 22.6 Å². The molecule has 0 unspecified atom stereocenters. The molecule has 0 fully saturated rings. The summed E-state index contributed by atoms with van der Waals surface area (Å²) in [6.07, 6.45) is 0. The van der Waals surface area contributed by atoms with Gasteiger partial charge in [-0.1, -0.05) is 29.3 Å². The molecular formula is C15H16O2. The number of phenols is 2. The van der Waals surface area contributed by atoms with E-state index in [2.05, 4.69) is 6.07 Å². The van der Waals surface area contributed by atoms with E-state index in [-0.39, 0.29) is 11.5 Å². The van der Waals surface area contributed by atoms with Crippen LogP contribution in [0.25, 0.3) is 11.1 Å². The molecule has 2 rings (SSSR count). The predicted molar refractivity (Wildman–Crippen MR) is 69.4 cm³/mol. The van der Waals surface area contributed by atoms with Gasteiger partial charge in [-0.05, 0) is 38.5 Å². The number of hydrogen-bond donors (Lipinski definition) is 2. The summed E-state index contributed by atoms with van der Waals surface area (Å²) in [5.74, 6) is 0.405. The van der Waals surface area contributed by atoms with E-state index in [1.807, 2.05) is 32.9 Å². The van der Waals surface area contributed by atoms with Crippen molar-refractivity contribution in [3.05, 3.63) is 47.0 Å². The van der Waals surface area contributed by atoms with E-state index in [1.54, 1.807) is 0 Å². The van der Waals surface area contributed by atoms with Gasteiger partial charge in [0.1, 0.15) is 11.5 Å². The Morgan fingerprint density at radius 1 is 0.765 bits per heavy atom. The van der Waals surface area contributed by atoms with Crippen molar-refractivity contribution >= 4 is 0 Å². The van der Waals surface area contributed by atoms with Gasteiger partial charge < -0.3 is 10.2 Å². The quantitative estimate of drug-likeness (QED) is 0.731. The SMILES string of the molecule is Cc1cc(C)cc(-c2c(O)ccc(O)c2C)c1. The van der Waals surface area contributed by atoms with Gasteiger partial charge in [0.05, 0.1) is 0 Å². The molecule has 0 heterocycles. The Kier molecular flexibility index (Phi) is 2.80. The molecule has 17 heavy (non-hydrogen) atoms. The second-order valence-electron chi connectivity index (χ2n) is 4.48. The van der Waals surface area contributed by atoms with Crippen molar-refractivity contribution in [1.82, 2.24) is 0 Å². The van der Waals surface area contributed by atoms with Gasteiger partial charge in [0.15, 0.2) is 0 Å². The summed E-state index contributed by atoms with van der Waals surface area (Å²) >= 11 is 0. The van der Waals surface area contributed by atoms with E-state index < -0.39 is 0 Å². The monoisotopic (exact) mass is 228 g/mol. The second-order valence-corrected chi connectivity index (χ2v) is 4.48. The lowest BCUT2D eigenvalue weighted by Gasteiger charge is -2.11. The van der Waals surface area contributed by atoms with E-state index in [9.17, 15) is 10.2 Å². The third-order valence-electron chi connectivity index (χ3n) is 2.92. The Morgan fingerprint density at radius 2 is 1.29 bits per heavy atom. The molecule has 2 nitrogen and oxygen atoms in total. The van der Waals surface area contributed by atoms with Gasteiger partial charge in [-0.15, -0.1) is 0 Å². The number of rotatable bonds is 1. The van der Waals surface area contributed by atoms with E-state index in [0.717, 1.165) is 16.7 Å². The van der Waals surface area contributed by atoms with Crippen LogP contribution >= 0.6 is 0 Å². The summed E-state index contributed by atoms with van der Waals surface area (Å²) in [6.45, 7) is 5.85. The zero-order valence-corrected chi connectivity index (χ0v) is 10.3. The van der Waals surface area contributed by atoms with E-state index in [1.165, 1.54) is 12.1 Å². The van der Waals surface area contributed by atoms with Crippen LogP contribution in [0.3, 0.4) is 0 Å². The molecular weight excluding hydrogens is 212 g/mol. The summed E-state index contributed by atoms with van der Waals surface area (Å²) in [6, 6.07) is 9.13. The van der Waals surface area contributed by atoms with Crippen molar-refractivity contribution in [2.45, 2.75) is 20.8 Å². The van der Waals surface area contributed by atoms with Crippen LogP contribution in [0, 0.1) is 20.8 Å². The highest BCUT2D eigenvalue weighted by Crippen LogP contribution is 2.37. The Bertz CT molecular complexity index is 551. The summed E-state index contributed by atoms with van der Waals surface area (Å²) in [7, 11) is 0. The number of phenolic OH excluding ortho intramolecular Hbond substituents is 2. The number of hydrogen-bond acceptors (Lipinski definition) is 2. The molecule has 0 aliphatic carbocycles. The highest BCUT2D eigenvalue weighted by atomic mass is 16.3. The first kappa shape index (κ1) is 11.5. The van der Waals surface area contributed by atoms with Crippen LogP contribution in [0.1, 0.15) is 16.7 Å². The van der Waals surface area contributed by atoms with Crippen molar-refractivity contribution in [2.75, 3.05) is 0 Å². The van der Waals surface area contributed by atoms with E-state index in [0.29, 0.717) is 11.1 Å². The highest BCUT2D eigenvalue weighted by Gasteiger charge is 2.11. The minimum Gasteiger partial charge on any atom is -0.508 e. The average Bonchev–Trinajstić information content (AvgIpc) is 2.23. The lowest BCUT2D eigenvalue weighted by molar-refractivity contribution is 0.458. The lowest BCUT2D eigenvalue weighted by Crippen LogP contribution is -1.88. The van der Waals surface area contributed by atoms with Crippen molar-refractivity contribution < 1.29 is 10.2 Å². The Labute approximate surface area is 101 Å². The first-order valence-electron chi connectivity index (χ1n) is 5.59. The van der Waals surface area contributed by atoms with Gasteiger partial charge in [-0.2, -0.15) is 0 Å². The normalized spacial score (nSPS) is 10.5. The van der Waals surface area contributed by atoms with Crippen LogP contribution < -0.4 is 0 Å². The molecule has 2 N–H and O–H groups in total. The smallest absolute Gasteiger partial charge is 0.123 e. The Morgan fingerprint density at radius 3 is 1.88 bits per heavy atom. The summed E-state index contributed by atoms with van der Waals surface area (Å²) < 4.78 is 0. The van der Waals surface area contributed by atoms with Crippen molar-refractivity contribution in [1.29, 1.82) is 0 Å². The molecule has 0 atom stereocenters. The van der Waals surface area contributed by atoms with Crippen LogP contribution in [-0.2, 0) is 0 Å². The minimum absolute atomic E-state index is 0.199. The minimum atomic E-state index is 0.199. The topological polar surface area (TPSA) is 40.5 Å². The first-order valence-corrected chi connectivity index (χ1v) is 5.59. The van der Waals surface area contributed by atoms with Gasteiger partial charge in [0, 0.05) is 11.1 Å². The van der Waals surface area contributed by atoms with Gasteiger partial charge in [0.25, 0.3) is 0 Å². The molecule has 0 saturated carbocycles. The molecule has 0 aliphatic rings. The zero-order valence-electron chi connectivity index (χ0n) is 10.3. The van der Waals surface area contributed by atoms with Crippen molar-refractivity contribution in [2.24, 2.45) is 0 Å². The Hall–Kier alpha value is -1.96. The van der Waals surface area contributed by atoms with Gasteiger partial charge in [-0.25, -0.2) is 0 Å². The zero-order chi connectivity index (χ0) is 12.6. The van der Waals surface area contributed by atoms with Crippen LogP contribution in [0.5, 0.6) is 11.5 Å². The fraction of sp³-hybridized carbons (Fsp3) is 0.200. The predicted octanol–water partition coefficient (Wildman–Crippen LogP) is 3.69. The molecule has 0 spiro atoms.